The summed E-state index contributed by atoms with van der Waals surface area (Å²) in [7, 11) is 0. The molecule has 0 aliphatic heterocycles. The van der Waals surface area contributed by atoms with E-state index < -0.39 is 5.97 Å². The highest BCUT2D eigenvalue weighted by molar-refractivity contribution is 6.17. The second kappa shape index (κ2) is 12.4. The number of benzene rings is 2. The van der Waals surface area contributed by atoms with Gasteiger partial charge < -0.3 is 18.8 Å². The van der Waals surface area contributed by atoms with Crippen LogP contribution in [0.15, 0.2) is 73.3 Å². The molecule has 0 aliphatic carbocycles. The monoisotopic (exact) mass is 546 g/mol. The lowest BCUT2D eigenvalue weighted by molar-refractivity contribution is 0.0526. The summed E-state index contributed by atoms with van der Waals surface area (Å²) in [5.74, 6) is 1.47. The molecule has 0 spiro atoms. The van der Waals surface area contributed by atoms with E-state index in [1.54, 1.807) is 13.3 Å². The Kier molecular flexibility index (Phi) is 8.33. The Labute approximate surface area is 230 Å². The number of nitrogens with zero attached hydrogens (tertiary/aromatic N) is 6. The van der Waals surface area contributed by atoms with Gasteiger partial charge in [0.25, 0.3) is 5.95 Å². The average molecular weight is 547 g/mol. The smallest absolute Gasteiger partial charge is 0.341 e. The number of carbonyl (C=O) groups is 1. The number of fused-ring (bicyclic) bond motifs is 1. The van der Waals surface area contributed by atoms with E-state index in [2.05, 4.69) is 20.1 Å². The van der Waals surface area contributed by atoms with Crippen molar-refractivity contribution in [2.24, 2.45) is 0 Å². The van der Waals surface area contributed by atoms with E-state index >= 15 is 0 Å². The molecule has 0 N–H and O–H groups in total. The normalized spacial score (nSPS) is 11.0. The molecule has 0 radical (unpaired) electrons. The lowest BCUT2D eigenvalue weighted by Crippen LogP contribution is -2.08. The third-order valence-corrected chi connectivity index (χ3v) is 6.04. The minimum absolute atomic E-state index is 0.227. The number of hydrogen-bond donors (Lipinski definition) is 0. The van der Waals surface area contributed by atoms with Crippen molar-refractivity contribution in [3.63, 3.8) is 0 Å². The Balaban J connectivity index is 1.45. The van der Waals surface area contributed by atoms with Crippen molar-refractivity contribution >= 4 is 28.7 Å². The molecule has 0 bridgehead atoms. The minimum Gasteiger partial charge on any atom is -0.494 e. The van der Waals surface area contributed by atoms with Gasteiger partial charge in [-0.05, 0) is 36.6 Å². The summed E-state index contributed by atoms with van der Waals surface area (Å²) >= 11 is 5.73. The summed E-state index contributed by atoms with van der Waals surface area (Å²) in [6, 6.07) is 17.7. The highest BCUT2D eigenvalue weighted by Gasteiger charge is 2.18. The van der Waals surface area contributed by atoms with Crippen LogP contribution >= 0.6 is 11.6 Å². The van der Waals surface area contributed by atoms with Gasteiger partial charge in [0.05, 0.1) is 31.3 Å². The van der Waals surface area contributed by atoms with Gasteiger partial charge >= 0.3 is 5.97 Å². The van der Waals surface area contributed by atoms with Crippen LogP contribution in [0, 0.1) is 0 Å². The molecule has 3 aromatic heterocycles. The summed E-state index contributed by atoms with van der Waals surface area (Å²) in [6.07, 6.45) is 5.43. The van der Waals surface area contributed by atoms with Crippen molar-refractivity contribution in [2.75, 3.05) is 19.1 Å². The molecule has 0 aliphatic rings. The minimum atomic E-state index is -0.467. The van der Waals surface area contributed by atoms with Gasteiger partial charge in [0.2, 0.25) is 5.88 Å². The number of hydrogen-bond acceptors (Lipinski definition) is 8. The second-order valence-corrected chi connectivity index (χ2v) is 8.95. The first kappa shape index (κ1) is 26.2. The molecule has 200 valence electrons. The highest BCUT2D eigenvalue weighted by atomic mass is 35.5. The van der Waals surface area contributed by atoms with Crippen molar-refractivity contribution in [1.29, 1.82) is 0 Å². The lowest BCUT2D eigenvalue weighted by Gasteiger charge is -2.11. The maximum Gasteiger partial charge on any atom is 0.341 e. The molecule has 0 saturated carbocycles. The van der Waals surface area contributed by atoms with Crippen LogP contribution in [0.1, 0.15) is 34.8 Å². The Morgan fingerprint density at radius 3 is 2.59 bits per heavy atom. The Morgan fingerprint density at radius 1 is 1.00 bits per heavy atom. The first-order chi connectivity index (χ1) is 19.1. The maximum absolute atomic E-state index is 12.1. The van der Waals surface area contributed by atoms with Crippen LogP contribution in [0.4, 0.5) is 0 Å². The first-order valence-corrected chi connectivity index (χ1v) is 13.1. The van der Waals surface area contributed by atoms with Crippen molar-refractivity contribution in [2.45, 2.75) is 26.5 Å². The number of halogens is 1. The van der Waals surface area contributed by atoms with Crippen LogP contribution in [0.3, 0.4) is 0 Å². The van der Waals surface area contributed by atoms with Gasteiger partial charge in [-0.15, -0.1) is 11.6 Å². The third kappa shape index (κ3) is 6.35. The van der Waals surface area contributed by atoms with Gasteiger partial charge in [-0.3, -0.25) is 0 Å². The summed E-state index contributed by atoms with van der Waals surface area (Å²) < 4.78 is 20.3. The second-order valence-electron chi connectivity index (χ2n) is 8.58. The molecule has 5 aromatic rings. The van der Waals surface area contributed by atoms with Gasteiger partial charge in [0.1, 0.15) is 12.4 Å². The van der Waals surface area contributed by atoms with Gasteiger partial charge in [-0.1, -0.05) is 42.5 Å². The zero-order chi connectivity index (χ0) is 27.0. The highest BCUT2D eigenvalue weighted by Crippen LogP contribution is 2.26. The van der Waals surface area contributed by atoms with Gasteiger partial charge in [-0.25, -0.2) is 14.5 Å². The molecule has 0 unspecified atom stereocenters. The van der Waals surface area contributed by atoms with Crippen LogP contribution in [0.2, 0.25) is 0 Å². The average Bonchev–Trinajstić information content (AvgIpc) is 3.62. The molecule has 2 aromatic carbocycles. The van der Waals surface area contributed by atoms with E-state index in [0.717, 1.165) is 23.3 Å². The number of esters is 1. The van der Waals surface area contributed by atoms with Crippen LogP contribution in [-0.2, 0) is 17.9 Å². The van der Waals surface area contributed by atoms with E-state index in [9.17, 15) is 4.79 Å². The zero-order valence-electron chi connectivity index (χ0n) is 21.4. The third-order valence-electron chi connectivity index (χ3n) is 5.77. The van der Waals surface area contributed by atoms with Crippen LogP contribution in [0.5, 0.6) is 11.6 Å². The zero-order valence-corrected chi connectivity index (χ0v) is 22.1. The molecule has 0 fully saturated rings. The predicted molar refractivity (Wildman–Crippen MR) is 146 cm³/mol. The number of carbonyl (C=O) groups excluding carboxylic acids is 1. The lowest BCUT2D eigenvalue weighted by atomic mass is 10.2. The predicted octanol–water partition coefficient (Wildman–Crippen LogP) is 4.82. The van der Waals surface area contributed by atoms with E-state index in [1.807, 2.05) is 59.2 Å². The molecule has 10 nitrogen and oxygen atoms in total. The number of alkyl halides is 1. The molecule has 0 saturated heterocycles. The number of aromatic nitrogens is 6. The number of ether oxygens (including phenoxy) is 3. The standard InChI is InChI=1S/C28H27ClN6O4/c1-2-37-27(36)22-15-31-35(17-22)28-32-25-24(26(33-28)39-18-21-7-4-3-5-8-21)34(19-30-25)16-20-9-11-23(12-10-20)38-14-6-13-29/h3-5,7-12,15,17,19H,2,6,13-14,16,18H2,1H3. The topological polar surface area (TPSA) is 106 Å². The quantitative estimate of drug-likeness (QED) is 0.124. The summed E-state index contributed by atoms with van der Waals surface area (Å²) in [5, 5.41) is 4.25. The van der Waals surface area contributed by atoms with E-state index in [-0.39, 0.29) is 12.6 Å². The fourth-order valence-corrected chi connectivity index (χ4v) is 3.98. The summed E-state index contributed by atoms with van der Waals surface area (Å²) in [5.41, 5.74) is 3.42. The van der Waals surface area contributed by atoms with Gasteiger partial charge in [-0.2, -0.15) is 15.1 Å². The van der Waals surface area contributed by atoms with Crippen LogP contribution < -0.4 is 9.47 Å². The summed E-state index contributed by atoms with van der Waals surface area (Å²) in [4.78, 5) is 25.9. The molecular weight excluding hydrogens is 520 g/mol. The summed E-state index contributed by atoms with van der Waals surface area (Å²) in [6.45, 7) is 3.42. The molecule has 39 heavy (non-hydrogen) atoms. The molecular formula is C28H27ClN6O4. The van der Waals surface area contributed by atoms with E-state index in [4.69, 9.17) is 25.8 Å². The molecule has 11 heteroatoms. The Morgan fingerprint density at radius 2 is 1.82 bits per heavy atom. The van der Waals surface area contributed by atoms with Gasteiger partial charge in [0.15, 0.2) is 11.2 Å². The maximum atomic E-state index is 12.1. The van der Waals surface area contributed by atoms with Crippen molar-refractivity contribution in [1.82, 2.24) is 29.3 Å². The van der Waals surface area contributed by atoms with Crippen LogP contribution in [-0.4, -0.2) is 54.4 Å². The fraction of sp³-hybridized carbons (Fsp3) is 0.250. The molecule has 0 amide bonds. The first-order valence-electron chi connectivity index (χ1n) is 12.5. The largest absolute Gasteiger partial charge is 0.494 e. The molecule has 0 atom stereocenters. The van der Waals surface area contributed by atoms with Crippen molar-refractivity contribution < 1.29 is 19.0 Å². The molecule has 3 heterocycles. The molecule has 5 rings (SSSR count). The SMILES string of the molecule is CCOC(=O)c1cnn(-c2nc(OCc3ccccc3)c3c(ncn3Cc3ccc(OCCCCl)cc3)n2)c1. The fourth-order valence-electron chi connectivity index (χ4n) is 3.87. The Hall–Kier alpha value is -4.44. The van der Waals surface area contributed by atoms with Crippen molar-refractivity contribution in [3.05, 3.63) is 90.0 Å². The Bertz CT molecular complexity index is 1540. The van der Waals surface area contributed by atoms with E-state index in [1.165, 1.54) is 17.1 Å². The number of imidazole rings is 1. The van der Waals surface area contributed by atoms with Crippen LogP contribution in [0.25, 0.3) is 17.1 Å². The van der Waals surface area contributed by atoms with E-state index in [0.29, 0.717) is 48.2 Å². The number of rotatable bonds is 12. The van der Waals surface area contributed by atoms with Gasteiger partial charge in [0, 0.05) is 18.6 Å². The van der Waals surface area contributed by atoms with Crippen molar-refractivity contribution in [3.8, 4) is 17.6 Å².